The Labute approximate surface area is 110 Å². The highest BCUT2D eigenvalue weighted by Gasteiger charge is 2.35. The quantitative estimate of drug-likeness (QED) is 0.755. The van der Waals surface area contributed by atoms with E-state index in [0.29, 0.717) is 11.7 Å². The van der Waals surface area contributed by atoms with Crippen LogP contribution in [-0.4, -0.2) is 12.1 Å². The number of nitrogens with one attached hydrogen (secondary N) is 1. The summed E-state index contributed by atoms with van der Waals surface area (Å²) in [5, 5.41) is 3.56. The summed E-state index contributed by atoms with van der Waals surface area (Å²) in [6.07, 6.45) is 4.03. The van der Waals surface area contributed by atoms with Crippen molar-refractivity contribution in [2.45, 2.75) is 52.2 Å². The van der Waals surface area contributed by atoms with Crippen molar-refractivity contribution < 1.29 is 4.74 Å². The number of hydrogen-bond acceptors (Lipinski definition) is 3. The van der Waals surface area contributed by atoms with Gasteiger partial charge in [-0.3, -0.25) is 0 Å². The second-order valence-electron chi connectivity index (χ2n) is 5.45. The van der Waals surface area contributed by atoms with Crippen LogP contribution >= 0.6 is 0 Å². The van der Waals surface area contributed by atoms with Crippen molar-refractivity contribution in [3.8, 4) is 5.75 Å². The molecule has 0 saturated heterocycles. The largest absolute Gasteiger partial charge is 0.489 e. The molecular formula is C15H24N2O. The maximum absolute atomic E-state index is 5.91. The summed E-state index contributed by atoms with van der Waals surface area (Å²) in [6, 6.07) is 6.60. The predicted octanol–water partition coefficient (Wildman–Crippen LogP) is 3.66. The third-order valence-electron chi connectivity index (χ3n) is 3.31. The van der Waals surface area contributed by atoms with Crippen LogP contribution in [0.3, 0.4) is 0 Å². The van der Waals surface area contributed by atoms with Crippen molar-refractivity contribution in [3.05, 3.63) is 18.2 Å². The Kier molecular flexibility index (Phi) is 4.00. The van der Waals surface area contributed by atoms with Crippen molar-refractivity contribution in [3.63, 3.8) is 0 Å². The van der Waals surface area contributed by atoms with E-state index < -0.39 is 0 Å². The molecule has 1 fully saturated rings. The van der Waals surface area contributed by atoms with Crippen LogP contribution in [0.2, 0.25) is 0 Å². The Balaban J connectivity index is 1.97. The number of nitrogen functional groups attached to an aromatic ring is 1. The number of benzene rings is 1. The Morgan fingerprint density at radius 2 is 2.22 bits per heavy atom. The van der Waals surface area contributed by atoms with Gasteiger partial charge in [-0.2, -0.15) is 0 Å². The van der Waals surface area contributed by atoms with E-state index in [4.69, 9.17) is 10.5 Å². The molecule has 0 radical (unpaired) electrons. The summed E-state index contributed by atoms with van der Waals surface area (Å²) in [4.78, 5) is 0. The van der Waals surface area contributed by atoms with Gasteiger partial charge in [0, 0.05) is 17.8 Å². The summed E-state index contributed by atoms with van der Waals surface area (Å²) < 4.78 is 5.70. The molecule has 3 N–H and O–H groups in total. The molecule has 18 heavy (non-hydrogen) atoms. The molecule has 1 aromatic rings. The predicted molar refractivity (Wildman–Crippen MR) is 77.0 cm³/mol. The van der Waals surface area contributed by atoms with Crippen molar-refractivity contribution in [2.75, 3.05) is 11.1 Å². The van der Waals surface area contributed by atoms with E-state index in [1.807, 2.05) is 32.0 Å². The van der Waals surface area contributed by atoms with Crippen LogP contribution in [0.15, 0.2) is 18.2 Å². The van der Waals surface area contributed by atoms with Gasteiger partial charge in [0.1, 0.15) is 5.75 Å². The monoisotopic (exact) mass is 248 g/mol. The van der Waals surface area contributed by atoms with Gasteiger partial charge in [-0.1, -0.05) is 13.3 Å². The molecule has 0 bridgehead atoms. The van der Waals surface area contributed by atoms with E-state index >= 15 is 0 Å². The fourth-order valence-corrected chi connectivity index (χ4v) is 2.31. The van der Waals surface area contributed by atoms with E-state index in [1.54, 1.807) is 0 Å². The van der Waals surface area contributed by atoms with Gasteiger partial charge in [-0.05, 0) is 44.7 Å². The van der Waals surface area contributed by atoms with Crippen molar-refractivity contribution >= 4 is 11.4 Å². The van der Waals surface area contributed by atoms with Crippen molar-refractivity contribution in [1.29, 1.82) is 0 Å². The Morgan fingerprint density at radius 3 is 2.89 bits per heavy atom. The molecule has 3 nitrogen and oxygen atoms in total. The van der Waals surface area contributed by atoms with Gasteiger partial charge in [-0.15, -0.1) is 0 Å². The maximum Gasteiger partial charge on any atom is 0.144 e. The van der Waals surface area contributed by atoms with Gasteiger partial charge in [0.25, 0.3) is 0 Å². The molecule has 2 rings (SSSR count). The molecule has 2 unspecified atom stereocenters. The minimum atomic E-state index is 0.149. The van der Waals surface area contributed by atoms with E-state index in [1.165, 1.54) is 19.3 Å². The molecule has 3 heteroatoms. The molecule has 1 aliphatic carbocycles. The molecule has 0 aliphatic heterocycles. The second-order valence-corrected chi connectivity index (χ2v) is 5.45. The summed E-state index contributed by atoms with van der Waals surface area (Å²) in [6.45, 7) is 6.27. The highest BCUT2D eigenvalue weighted by atomic mass is 16.5. The average Bonchev–Trinajstić information content (AvgIpc) is 3.01. The van der Waals surface area contributed by atoms with Gasteiger partial charge in [-0.25, -0.2) is 0 Å². The van der Waals surface area contributed by atoms with Crippen molar-refractivity contribution in [2.24, 2.45) is 5.92 Å². The number of nitrogens with two attached hydrogens (primary N) is 1. The van der Waals surface area contributed by atoms with Crippen LogP contribution in [0.4, 0.5) is 11.4 Å². The van der Waals surface area contributed by atoms with Crippen LogP contribution in [0.25, 0.3) is 0 Å². The van der Waals surface area contributed by atoms with Crippen LogP contribution in [0.5, 0.6) is 5.75 Å². The summed E-state index contributed by atoms with van der Waals surface area (Å²) in [7, 11) is 0. The molecule has 0 spiro atoms. The van der Waals surface area contributed by atoms with E-state index in [2.05, 4.69) is 12.2 Å². The minimum Gasteiger partial charge on any atom is -0.489 e. The van der Waals surface area contributed by atoms with E-state index in [9.17, 15) is 0 Å². The van der Waals surface area contributed by atoms with E-state index in [0.717, 1.165) is 17.4 Å². The third-order valence-corrected chi connectivity index (χ3v) is 3.31. The maximum atomic E-state index is 5.91. The molecule has 0 heterocycles. The average molecular weight is 248 g/mol. The number of ether oxygens (including phenoxy) is 1. The zero-order valence-corrected chi connectivity index (χ0v) is 11.6. The summed E-state index contributed by atoms with van der Waals surface area (Å²) >= 11 is 0. The van der Waals surface area contributed by atoms with E-state index in [-0.39, 0.29) is 6.10 Å². The molecule has 1 aliphatic rings. The van der Waals surface area contributed by atoms with Gasteiger partial charge in [0.15, 0.2) is 0 Å². The molecule has 0 amide bonds. The van der Waals surface area contributed by atoms with Gasteiger partial charge in [0.2, 0.25) is 0 Å². The molecular weight excluding hydrogens is 224 g/mol. The fraction of sp³-hybridized carbons (Fsp3) is 0.600. The fourth-order valence-electron chi connectivity index (χ4n) is 2.31. The smallest absolute Gasteiger partial charge is 0.144 e. The Hall–Kier alpha value is -1.38. The number of anilines is 2. The normalized spacial score (nSPS) is 22.0. The first-order valence-corrected chi connectivity index (χ1v) is 6.93. The molecule has 1 aromatic carbocycles. The molecule has 0 aromatic heterocycles. The SMILES string of the molecule is CCCC1CC1Nc1ccc(N)c(OC(C)C)c1. The lowest BCUT2D eigenvalue weighted by molar-refractivity contribution is 0.244. The van der Waals surface area contributed by atoms with Gasteiger partial charge < -0.3 is 15.8 Å². The first kappa shape index (κ1) is 13.1. The standard InChI is InChI=1S/C15H24N2O/c1-4-5-11-8-14(11)17-12-6-7-13(16)15(9-12)18-10(2)3/h6-7,9-11,14,17H,4-5,8,16H2,1-3H3. The highest BCUT2D eigenvalue weighted by molar-refractivity contribution is 5.62. The highest BCUT2D eigenvalue weighted by Crippen LogP contribution is 2.38. The Morgan fingerprint density at radius 1 is 1.44 bits per heavy atom. The summed E-state index contributed by atoms with van der Waals surface area (Å²) in [5.41, 5.74) is 7.72. The topological polar surface area (TPSA) is 47.3 Å². The lowest BCUT2D eigenvalue weighted by Gasteiger charge is -2.14. The number of hydrogen-bond donors (Lipinski definition) is 2. The summed E-state index contributed by atoms with van der Waals surface area (Å²) in [5.74, 6) is 1.63. The Bertz CT molecular complexity index is 403. The van der Waals surface area contributed by atoms with Crippen LogP contribution in [0, 0.1) is 5.92 Å². The first-order valence-electron chi connectivity index (χ1n) is 6.93. The van der Waals surface area contributed by atoms with Gasteiger partial charge >= 0.3 is 0 Å². The van der Waals surface area contributed by atoms with Gasteiger partial charge in [0.05, 0.1) is 11.8 Å². The molecule has 1 saturated carbocycles. The zero-order valence-electron chi connectivity index (χ0n) is 11.6. The van der Waals surface area contributed by atoms with Crippen molar-refractivity contribution in [1.82, 2.24) is 0 Å². The molecule has 2 atom stereocenters. The first-order chi connectivity index (χ1) is 8.60. The lowest BCUT2D eigenvalue weighted by atomic mass is 10.2. The lowest BCUT2D eigenvalue weighted by Crippen LogP contribution is -2.09. The minimum absolute atomic E-state index is 0.149. The zero-order chi connectivity index (χ0) is 13.1. The second kappa shape index (κ2) is 5.51. The molecule has 100 valence electrons. The van der Waals surface area contributed by atoms with Crippen LogP contribution in [0.1, 0.15) is 40.0 Å². The number of rotatable bonds is 6. The third kappa shape index (κ3) is 3.31. The van der Waals surface area contributed by atoms with Crippen LogP contribution < -0.4 is 15.8 Å². The van der Waals surface area contributed by atoms with Crippen LogP contribution in [-0.2, 0) is 0 Å².